The molecular weight excluding hydrogens is 649 g/mol. The summed E-state index contributed by atoms with van der Waals surface area (Å²) < 4.78 is 9.26. The molecule has 50 heavy (non-hydrogen) atoms. The number of nitriles is 1. The lowest BCUT2D eigenvalue weighted by Gasteiger charge is -2.16. The largest absolute Gasteiger partial charge is 0.319 e. The third kappa shape index (κ3) is 3.61. The van der Waals surface area contributed by atoms with E-state index in [1.54, 1.807) is 22.7 Å². The first-order valence-electron chi connectivity index (χ1n) is 16.4. The Bertz CT molecular complexity index is 3130. The molecule has 4 nitrogen and oxygen atoms in total. The molecule has 7 aromatic carbocycles. The molecule has 0 aliphatic rings. The highest BCUT2D eigenvalue weighted by Gasteiger charge is 2.22. The molecule has 0 saturated carbocycles. The fourth-order valence-electron chi connectivity index (χ4n) is 8.00. The first-order valence-corrected chi connectivity index (χ1v) is 18.0. The van der Waals surface area contributed by atoms with Gasteiger partial charge in [-0.05, 0) is 60.7 Å². The van der Waals surface area contributed by atoms with Crippen molar-refractivity contribution in [3.05, 3.63) is 150 Å². The van der Waals surface area contributed by atoms with E-state index in [1.165, 1.54) is 40.3 Å². The first kappa shape index (κ1) is 27.5. The van der Waals surface area contributed by atoms with Crippen LogP contribution in [0.3, 0.4) is 0 Å². The molecule has 6 heteroatoms. The Labute approximate surface area is 293 Å². The Morgan fingerprint density at radius 3 is 1.46 bits per heavy atom. The number of hydrogen-bond acceptors (Lipinski definition) is 3. The zero-order valence-corrected chi connectivity index (χ0v) is 27.9. The van der Waals surface area contributed by atoms with Gasteiger partial charge in [-0.1, -0.05) is 72.8 Å². The Hall–Kier alpha value is -6.44. The zero-order valence-electron chi connectivity index (χ0n) is 26.3. The molecule has 230 valence electrons. The van der Waals surface area contributed by atoms with Crippen LogP contribution in [0.1, 0.15) is 5.56 Å². The van der Waals surface area contributed by atoms with Crippen molar-refractivity contribution < 1.29 is 0 Å². The molecule has 0 atom stereocenters. The summed E-state index contributed by atoms with van der Waals surface area (Å²) in [4.78, 5) is 4.13. The van der Waals surface area contributed by atoms with E-state index in [9.17, 15) is 5.26 Å². The van der Waals surface area contributed by atoms with Gasteiger partial charge in [0.05, 0.1) is 45.6 Å². The van der Waals surface area contributed by atoms with Gasteiger partial charge in [0, 0.05) is 61.9 Å². The maximum Gasteiger partial charge on any atom is 0.212 e. The number of benzene rings is 7. The molecule has 0 spiro atoms. The molecule has 4 aromatic heterocycles. The van der Waals surface area contributed by atoms with Gasteiger partial charge in [0.1, 0.15) is 6.07 Å². The van der Waals surface area contributed by atoms with Crippen molar-refractivity contribution in [1.29, 1.82) is 5.26 Å². The molecule has 11 rings (SSSR count). The van der Waals surface area contributed by atoms with Gasteiger partial charge >= 0.3 is 0 Å². The summed E-state index contributed by atoms with van der Waals surface area (Å²) in [5, 5.41) is 20.3. The number of thiophene rings is 2. The highest BCUT2D eigenvalue weighted by atomic mass is 32.1. The fourth-order valence-corrected chi connectivity index (χ4v) is 10.2. The van der Waals surface area contributed by atoms with E-state index in [0.717, 1.165) is 43.6 Å². The number of hydrogen-bond donors (Lipinski definition) is 0. The summed E-state index contributed by atoms with van der Waals surface area (Å²) in [5.74, 6) is 0. The molecule has 0 unspecified atom stereocenters. The van der Waals surface area contributed by atoms with Crippen molar-refractivity contribution in [3.63, 3.8) is 0 Å². The minimum atomic E-state index is 0.493. The van der Waals surface area contributed by atoms with Crippen LogP contribution in [0.25, 0.3) is 100 Å². The van der Waals surface area contributed by atoms with Gasteiger partial charge in [-0.3, -0.25) is 0 Å². The van der Waals surface area contributed by atoms with Crippen molar-refractivity contribution in [2.75, 3.05) is 0 Å². The Kier molecular flexibility index (Phi) is 5.52. The third-order valence-corrected chi connectivity index (χ3v) is 12.4. The number of aromatic nitrogens is 2. The van der Waals surface area contributed by atoms with Crippen LogP contribution < -0.4 is 0 Å². The fraction of sp³-hybridized carbons (Fsp3) is 0. The van der Waals surface area contributed by atoms with Crippen LogP contribution in [-0.2, 0) is 0 Å². The molecule has 0 bridgehead atoms. The van der Waals surface area contributed by atoms with E-state index in [4.69, 9.17) is 6.57 Å². The molecule has 4 heterocycles. The van der Waals surface area contributed by atoms with Crippen LogP contribution in [0.15, 0.2) is 133 Å². The van der Waals surface area contributed by atoms with E-state index >= 15 is 0 Å². The highest BCUT2D eigenvalue weighted by Crippen LogP contribution is 2.45. The molecule has 0 aliphatic heterocycles. The van der Waals surface area contributed by atoms with Crippen LogP contribution in [0.2, 0.25) is 0 Å². The Morgan fingerprint density at radius 2 is 0.940 bits per heavy atom. The molecule has 0 amide bonds. The summed E-state index contributed by atoms with van der Waals surface area (Å²) in [5.41, 5.74) is 6.49. The van der Waals surface area contributed by atoms with Crippen molar-refractivity contribution in [2.45, 2.75) is 0 Å². The second kappa shape index (κ2) is 10.0. The summed E-state index contributed by atoms with van der Waals surface area (Å²) in [6, 6.07) is 49.3. The maximum absolute atomic E-state index is 10.8. The monoisotopic (exact) mass is 670 g/mol. The topological polar surface area (TPSA) is 38.0 Å². The zero-order chi connectivity index (χ0) is 33.1. The Balaban J connectivity index is 1.22. The maximum atomic E-state index is 10.8. The predicted octanol–water partition coefficient (Wildman–Crippen LogP) is 13.0. The van der Waals surface area contributed by atoms with Crippen molar-refractivity contribution in [3.8, 4) is 17.4 Å². The third-order valence-electron chi connectivity index (χ3n) is 10.2. The van der Waals surface area contributed by atoms with Crippen LogP contribution in [-0.4, -0.2) is 9.13 Å². The quantitative estimate of drug-likeness (QED) is 0.169. The standard InChI is InChI=1S/C44H22N4S2/c1-46-34-21-37(47-35-14-6-2-10-26(35)30-19-32-28-12-4-8-16-41(28)49-43(32)22-38(30)47)25(24-45)18-40(34)48-36-15-7-3-11-27(36)31-20-33-29-13-5-9-17-42(29)50-44(33)23-39(31)48/h2-23H. The molecule has 0 aliphatic carbocycles. The Morgan fingerprint density at radius 1 is 0.460 bits per heavy atom. The van der Waals surface area contributed by atoms with Crippen molar-refractivity contribution >= 4 is 112 Å². The van der Waals surface area contributed by atoms with Crippen LogP contribution in [0.4, 0.5) is 5.69 Å². The van der Waals surface area contributed by atoms with Gasteiger partial charge in [-0.2, -0.15) is 5.26 Å². The lowest BCUT2D eigenvalue weighted by atomic mass is 10.1. The number of fused-ring (bicyclic) bond motifs is 12. The molecule has 11 aromatic rings. The number of para-hydroxylation sites is 2. The van der Waals surface area contributed by atoms with E-state index in [1.807, 2.05) is 24.3 Å². The van der Waals surface area contributed by atoms with Crippen LogP contribution in [0, 0.1) is 17.9 Å². The summed E-state index contributed by atoms with van der Waals surface area (Å²) in [6.07, 6.45) is 0. The molecule has 0 radical (unpaired) electrons. The average Bonchev–Trinajstić information content (AvgIpc) is 3.89. The normalized spacial score (nSPS) is 12.0. The minimum Gasteiger partial charge on any atom is -0.319 e. The van der Waals surface area contributed by atoms with Gasteiger partial charge in [0.15, 0.2) is 0 Å². The van der Waals surface area contributed by atoms with Gasteiger partial charge in [0.25, 0.3) is 0 Å². The summed E-state index contributed by atoms with van der Waals surface area (Å²) in [7, 11) is 0. The second-order valence-electron chi connectivity index (χ2n) is 12.7. The molecule has 0 N–H and O–H groups in total. The smallest absolute Gasteiger partial charge is 0.212 e. The summed E-state index contributed by atoms with van der Waals surface area (Å²) >= 11 is 3.57. The van der Waals surface area contributed by atoms with Crippen molar-refractivity contribution in [2.24, 2.45) is 0 Å². The van der Waals surface area contributed by atoms with Gasteiger partial charge < -0.3 is 9.13 Å². The minimum absolute atomic E-state index is 0.493. The second-order valence-corrected chi connectivity index (χ2v) is 14.9. The molecular formula is C44H22N4S2. The number of nitrogens with zero attached hydrogens (tertiary/aromatic N) is 4. The lowest BCUT2D eigenvalue weighted by molar-refractivity contribution is 1.14. The van der Waals surface area contributed by atoms with E-state index < -0.39 is 0 Å². The first-order chi connectivity index (χ1) is 24.7. The molecule has 0 fully saturated rings. The van der Waals surface area contributed by atoms with Crippen LogP contribution >= 0.6 is 22.7 Å². The molecule has 0 saturated heterocycles. The highest BCUT2D eigenvalue weighted by molar-refractivity contribution is 7.26. The number of rotatable bonds is 2. The lowest BCUT2D eigenvalue weighted by Crippen LogP contribution is -2.01. The van der Waals surface area contributed by atoms with Gasteiger partial charge in [-0.25, -0.2) is 4.85 Å². The van der Waals surface area contributed by atoms with Gasteiger partial charge in [-0.15, -0.1) is 22.7 Å². The van der Waals surface area contributed by atoms with Crippen LogP contribution in [0.5, 0.6) is 0 Å². The average molecular weight is 671 g/mol. The van der Waals surface area contributed by atoms with E-state index in [2.05, 4.69) is 129 Å². The van der Waals surface area contributed by atoms with Gasteiger partial charge in [0.2, 0.25) is 5.69 Å². The van der Waals surface area contributed by atoms with Crippen molar-refractivity contribution in [1.82, 2.24) is 9.13 Å². The predicted molar refractivity (Wildman–Crippen MR) is 212 cm³/mol. The van der Waals surface area contributed by atoms with E-state index in [-0.39, 0.29) is 0 Å². The summed E-state index contributed by atoms with van der Waals surface area (Å²) in [6.45, 7) is 8.48. The SMILES string of the molecule is [C-]#[N+]c1cc(-n2c3ccccc3c3cc4c(cc32)sc2ccccc24)c(C#N)cc1-n1c2ccccc2c2cc3c(cc21)sc1ccccc13. The van der Waals surface area contributed by atoms with E-state index in [0.29, 0.717) is 22.6 Å².